The Bertz CT molecular complexity index is 514. The summed E-state index contributed by atoms with van der Waals surface area (Å²) in [5.41, 5.74) is 7.71. The second-order valence-electron chi connectivity index (χ2n) is 4.40. The third-order valence-corrected chi connectivity index (χ3v) is 2.62. The molecule has 1 aromatic carbocycles. The lowest BCUT2D eigenvalue weighted by Gasteiger charge is -2.14. The molecule has 0 saturated heterocycles. The van der Waals surface area contributed by atoms with Gasteiger partial charge in [-0.15, -0.1) is 0 Å². The minimum absolute atomic E-state index is 0.114. The van der Waals surface area contributed by atoms with Gasteiger partial charge in [-0.05, 0) is 32.9 Å². The van der Waals surface area contributed by atoms with E-state index in [4.69, 9.17) is 5.73 Å². The normalized spacial score (nSPS) is 13.6. The SMILES string of the molecule is CC(C)n1c([C@H](C)N)nc2cc(O)ccc21. The molecule has 0 amide bonds. The Balaban J connectivity index is 2.75. The Labute approximate surface area is 94.7 Å². The van der Waals surface area contributed by atoms with Crippen molar-refractivity contribution in [3.63, 3.8) is 0 Å². The van der Waals surface area contributed by atoms with E-state index in [1.807, 2.05) is 13.0 Å². The van der Waals surface area contributed by atoms with Crippen molar-refractivity contribution in [3.8, 4) is 5.75 Å². The van der Waals surface area contributed by atoms with Crippen LogP contribution in [-0.4, -0.2) is 14.7 Å². The molecule has 0 bridgehead atoms. The molecule has 1 aromatic heterocycles. The van der Waals surface area contributed by atoms with Gasteiger partial charge in [0.15, 0.2) is 0 Å². The predicted molar refractivity (Wildman–Crippen MR) is 64.4 cm³/mol. The van der Waals surface area contributed by atoms with Gasteiger partial charge in [-0.3, -0.25) is 0 Å². The van der Waals surface area contributed by atoms with Gasteiger partial charge in [-0.1, -0.05) is 0 Å². The molecule has 0 fully saturated rings. The molecular formula is C12H17N3O. The number of benzene rings is 1. The first-order valence-corrected chi connectivity index (χ1v) is 5.47. The van der Waals surface area contributed by atoms with Crippen molar-refractivity contribution < 1.29 is 5.11 Å². The zero-order valence-electron chi connectivity index (χ0n) is 9.81. The Morgan fingerprint density at radius 3 is 2.56 bits per heavy atom. The largest absolute Gasteiger partial charge is 0.508 e. The number of fused-ring (bicyclic) bond motifs is 1. The highest BCUT2D eigenvalue weighted by Crippen LogP contribution is 2.26. The molecule has 16 heavy (non-hydrogen) atoms. The first-order chi connectivity index (χ1) is 7.50. The van der Waals surface area contributed by atoms with Crippen LogP contribution in [0.2, 0.25) is 0 Å². The zero-order valence-corrected chi connectivity index (χ0v) is 9.81. The second kappa shape index (κ2) is 3.79. The number of rotatable bonds is 2. The number of hydrogen-bond donors (Lipinski definition) is 2. The lowest BCUT2D eigenvalue weighted by molar-refractivity contribution is 0.476. The molecule has 86 valence electrons. The fraction of sp³-hybridized carbons (Fsp3) is 0.417. The van der Waals surface area contributed by atoms with Gasteiger partial charge in [0.2, 0.25) is 0 Å². The fourth-order valence-corrected chi connectivity index (χ4v) is 1.97. The van der Waals surface area contributed by atoms with Crippen LogP contribution in [0.1, 0.15) is 38.7 Å². The van der Waals surface area contributed by atoms with E-state index in [9.17, 15) is 5.11 Å². The molecule has 1 heterocycles. The standard InChI is InChI=1S/C12H17N3O/c1-7(2)15-11-5-4-9(16)6-10(11)14-12(15)8(3)13/h4-8,16H,13H2,1-3H3/t8-/m0/s1. The van der Waals surface area contributed by atoms with Crippen molar-refractivity contribution in [2.75, 3.05) is 0 Å². The van der Waals surface area contributed by atoms with E-state index in [0.29, 0.717) is 6.04 Å². The van der Waals surface area contributed by atoms with Crippen LogP contribution in [0.15, 0.2) is 18.2 Å². The van der Waals surface area contributed by atoms with Gasteiger partial charge >= 0.3 is 0 Å². The molecule has 0 unspecified atom stereocenters. The Kier molecular flexibility index (Phi) is 2.59. The predicted octanol–water partition coefficient (Wildman–Crippen LogP) is 2.34. The number of imidazole rings is 1. The maximum atomic E-state index is 9.43. The molecule has 2 rings (SSSR count). The minimum Gasteiger partial charge on any atom is -0.508 e. The summed E-state index contributed by atoms with van der Waals surface area (Å²) in [6.07, 6.45) is 0. The first-order valence-electron chi connectivity index (χ1n) is 5.47. The molecule has 4 nitrogen and oxygen atoms in total. The number of nitrogens with zero attached hydrogens (tertiary/aromatic N) is 2. The molecule has 0 saturated carbocycles. The number of phenolic OH excluding ortho intramolecular Hbond substituents is 1. The number of aromatic nitrogens is 2. The third-order valence-electron chi connectivity index (χ3n) is 2.62. The molecule has 1 atom stereocenters. The number of nitrogens with two attached hydrogens (primary N) is 1. The Hall–Kier alpha value is -1.55. The molecule has 2 aromatic rings. The molecule has 3 N–H and O–H groups in total. The van der Waals surface area contributed by atoms with Gasteiger partial charge in [0.25, 0.3) is 0 Å². The zero-order chi connectivity index (χ0) is 11.9. The third kappa shape index (κ3) is 1.65. The van der Waals surface area contributed by atoms with Gasteiger partial charge < -0.3 is 15.4 Å². The van der Waals surface area contributed by atoms with Crippen LogP contribution in [0.25, 0.3) is 11.0 Å². The van der Waals surface area contributed by atoms with Gasteiger partial charge in [-0.2, -0.15) is 0 Å². The van der Waals surface area contributed by atoms with Crippen LogP contribution in [0.3, 0.4) is 0 Å². The van der Waals surface area contributed by atoms with Crippen molar-refractivity contribution in [1.29, 1.82) is 0 Å². The molecule has 0 spiro atoms. The quantitative estimate of drug-likeness (QED) is 0.814. The van der Waals surface area contributed by atoms with E-state index in [2.05, 4.69) is 23.4 Å². The summed E-state index contributed by atoms with van der Waals surface area (Å²) in [5.74, 6) is 1.09. The topological polar surface area (TPSA) is 64.1 Å². The summed E-state index contributed by atoms with van der Waals surface area (Å²) >= 11 is 0. The van der Waals surface area contributed by atoms with E-state index >= 15 is 0 Å². The average molecular weight is 219 g/mol. The number of hydrogen-bond acceptors (Lipinski definition) is 3. The molecular weight excluding hydrogens is 202 g/mol. The van der Waals surface area contributed by atoms with Gasteiger partial charge in [0.05, 0.1) is 17.1 Å². The van der Waals surface area contributed by atoms with Crippen LogP contribution in [-0.2, 0) is 0 Å². The molecule has 0 radical (unpaired) electrons. The molecule has 0 aliphatic rings. The maximum absolute atomic E-state index is 9.43. The van der Waals surface area contributed by atoms with Gasteiger partial charge in [0.1, 0.15) is 11.6 Å². The van der Waals surface area contributed by atoms with E-state index in [0.717, 1.165) is 16.9 Å². The van der Waals surface area contributed by atoms with E-state index in [-0.39, 0.29) is 11.8 Å². The number of phenols is 1. The molecule has 0 aliphatic carbocycles. The average Bonchev–Trinajstić information content (AvgIpc) is 2.55. The van der Waals surface area contributed by atoms with E-state index < -0.39 is 0 Å². The summed E-state index contributed by atoms with van der Waals surface area (Å²) in [6.45, 7) is 6.11. The van der Waals surface area contributed by atoms with E-state index in [1.54, 1.807) is 12.1 Å². The van der Waals surface area contributed by atoms with Crippen LogP contribution in [0.5, 0.6) is 5.75 Å². The smallest absolute Gasteiger partial charge is 0.126 e. The molecule has 0 aliphatic heterocycles. The van der Waals surface area contributed by atoms with Crippen molar-refractivity contribution >= 4 is 11.0 Å². The van der Waals surface area contributed by atoms with Crippen LogP contribution >= 0.6 is 0 Å². The Morgan fingerprint density at radius 1 is 1.31 bits per heavy atom. The van der Waals surface area contributed by atoms with Crippen molar-refractivity contribution in [3.05, 3.63) is 24.0 Å². The highest BCUT2D eigenvalue weighted by Gasteiger charge is 2.15. The highest BCUT2D eigenvalue weighted by atomic mass is 16.3. The first kappa shape index (κ1) is 11.0. The fourth-order valence-electron chi connectivity index (χ4n) is 1.97. The van der Waals surface area contributed by atoms with E-state index in [1.165, 1.54) is 0 Å². The summed E-state index contributed by atoms with van der Waals surface area (Å²) in [5, 5.41) is 9.43. The van der Waals surface area contributed by atoms with Crippen LogP contribution in [0.4, 0.5) is 0 Å². The number of aromatic hydroxyl groups is 1. The van der Waals surface area contributed by atoms with Crippen molar-refractivity contribution in [2.45, 2.75) is 32.9 Å². The van der Waals surface area contributed by atoms with Gasteiger partial charge in [0, 0.05) is 12.1 Å². The maximum Gasteiger partial charge on any atom is 0.126 e. The second-order valence-corrected chi connectivity index (χ2v) is 4.40. The summed E-state index contributed by atoms with van der Waals surface area (Å²) in [6, 6.07) is 5.41. The van der Waals surface area contributed by atoms with Crippen molar-refractivity contribution in [2.24, 2.45) is 5.73 Å². The lowest BCUT2D eigenvalue weighted by Crippen LogP contribution is -2.14. The van der Waals surface area contributed by atoms with Gasteiger partial charge in [-0.25, -0.2) is 4.98 Å². The minimum atomic E-state index is -0.114. The van der Waals surface area contributed by atoms with Crippen molar-refractivity contribution in [1.82, 2.24) is 9.55 Å². The summed E-state index contributed by atoms with van der Waals surface area (Å²) < 4.78 is 2.11. The molecule has 4 heteroatoms. The lowest BCUT2D eigenvalue weighted by atomic mass is 10.2. The summed E-state index contributed by atoms with van der Waals surface area (Å²) in [4.78, 5) is 4.47. The monoisotopic (exact) mass is 219 g/mol. The Morgan fingerprint density at radius 2 is 2.00 bits per heavy atom. The summed E-state index contributed by atoms with van der Waals surface area (Å²) in [7, 11) is 0. The van der Waals surface area contributed by atoms with Crippen LogP contribution in [0, 0.1) is 0 Å². The van der Waals surface area contributed by atoms with Crippen LogP contribution < -0.4 is 5.73 Å². The highest BCUT2D eigenvalue weighted by molar-refractivity contribution is 5.78.